The van der Waals surface area contributed by atoms with E-state index in [-0.39, 0.29) is 12.1 Å². The third-order valence-corrected chi connectivity index (χ3v) is 3.10. The molecule has 0 radical (unpaired) electrons. The van der Waals surface area contributed by atoms with Gasteiger partial charge in [-0.05, 0) is 32.8 Å². The summed E-state index contributed by atoms with van der Waals surface area (Å²) in [5.41, 5.74) is 1.01. The molecule has 2 rings (SSSR count). The minimum atomic E-state index is -0.163. The summed E-state index contributed by atoms with van der Waals surface area (Å²) in [5.74, 6) is 1.72. The summed E-state index contributed by atoms with van der Waals surface area (Å²) in [6.07, 6.45) is 2.29. The Kier molecular flexibility index (Phi) is 4.25. The van der Waals surface area contributed by atoms with Crippen molar-refractivity contribution < 1.29 is 13.9 Å². The number of hydrogen-bond acceptors (Lipinski definition) is 3. The Morgan fingerprint density at radius 1 is 1.44 bits per heavy atom. The number of rotatable bonds is 4. The van der Waals surface area contributed by atoms with Crippen molar-refractivity contribution in [3.63, 3.8) is 0 Å². The van der Waals surface area contributed by atoms with Gasteiger partial charge in [0, 0.05) is 25.3 Å². The average Bonchev–Trinajstić information content (AvgIpc) is 2.94. The molecule has 1 aromatic heterocycles. The van der Waals surface area contributed by atoms with Gasteiger partial charge in [-0.15, -0.1) is 0 Å². The molecule has 18 heavy (non-hydrogen) atoms. The van der Waals surface area contributed by atoms with Gasteiger partial charge in [0.1, 0.15) is 11.5 Å². The lowest BCUT2D eigenvalue weighted by atomic mass is 10.2. The van der Waals surface area contributed by atoms with Crippen LogP contribution in [-0.4, -0.2) is 25.3 Å². The maximum absolute atomic E-state index is 11.6. The predicted molar refractivity (Wildman–Crippen MR) is 67.4 cm³/mol. The van der Waals surface area contributed by atoms with Gasteiger partial charge in [-0.1, -0.05) is 0 Å². The normalized spacial score (nSPS) is 18.9. The van der Waals surface area contributed by atoms with Crippen molar-refractivity contribution in [1.29, 1.82) is 0 Å². The Morgan fingerprint density at radius 2 is 2.28 bits per heavy atom. The Hall–Kier alpha value is -1.49. The largest absolute Gasteiger partial charge is 0.466 e. The van der Waals surface area contributed by atoms with Crippen molar-refractivity contribution in [2.24, 2.45) is 0 Å². The number of aryl methyl sites for hydroxylation is 2. The van der Waals surface area contributed by atoms with Crippen LogP contribution in [0.4, 0.5) is 4.79 Å². The molecule has 2 heterocycles. The standard InChI is InChI=1S/C13H20N2O3/c1-9-6-11(10(2)18-9)7-14-13(16)15-8-12-4-3-5-17-12/h6,12H,3-5,7-8H2,1-2H3,(H2,14,15,16)/t12-/m0/s1. The molecule has 0 aromatic carbocycles. The van der Waals surface area contributed by atoms with Crippen molar-refractivity contribution >= 4 is 6.03 Å². The number of ether oxygens (including phenoxy) is 1. The van der Waals surface area contributed by atoms with Crippen LogP contribution in [0.1, 0.15) is 29.9 Å². The number of carbonyl (C=O) groups is 1. The van der Waals surface area contributed by atoms with Gasteiger partial charge < -0.3 is 19.8 Å². The average molecular weight is 252 g/mol. The molecule has 5 nitrogen and oxygen atoms in total. The minimum Gasteiger partial charge on any atom is -0.466 e. The number of hydrogen-bond donors (Lipinski definition) is 2. The van der Waals surface area contributed by atoms with Crippen LogP contribution < -0.4 is 10.6 Å². The van der Waals surface area contributed by atoms with Crippen molar-refractivity contribution in [2.45, 2.75) is 39.3 Å². The molecule has 0 unspecified atom stereocenters. The van der Waals surface area contributed by atoms with Crippen LogP contribution in [0.5, 0.6) is 0 Å². The van der Waals surface area contributed by atoms with Gasteiger partial charge in [0.05, 0.1) is 6.10 Å². The van der Waals surface area contributed by atoms with Gasteiger partial charge in [0.2, 0.25) is 0 Å². The smallest absolute Gasteiger partial charge is 0.315 e. The fraction of sp³-hybridized carbons (Fsp3) is 0.615. The van der Waals surface area contributed by atoms with E-state index in [9.17, 15) is 4.79 Å². The van der Waals surface area contributed by atoms with Crippen molar-refractivity contribution in [3.8, 4) is 0 Å². The van der Waals surface area contributed by atoms with E-state index in [1.165, 1.54) is 0 Å². The molecule has 0 bridgehead atoms. The van der Waals surface area contributed by atoms with Crippen LogP contribution >= 0.6 is 0 Å². The van der Waals surface area contributed by atoms with Gasteiger partial charge in [-0.25, -0.2) is 4.79 Å². The molecule has 2 N–H and O–H groups in total. The highest BCUT2D eigenvalue weighted by Crippen LogP contribution is 2.13. The third-order valence-electron chi connectivity index (χ3n) is 3.10. The molecule has 5 heteroatoms. The molecule has 0 aliphatic carbocycles. The zero-order chi connectivity index (χ0) is 13.0. The molecule has 1 fully saturated rings. The van der Waals surface area contributed by atoms with E-state index in [1.807, 2.05) is 19.9 Å². The van der Waals surface area contributed by atoms with E-state index in [4.69, 9.17) is 9.15 Å². The summed E-state index contributed by atoms with van der Waals surface area (Å²) >= 11 is 0. The van der Waals surface area contributed by atoms with E-state index in [2.05, 4.69) is 10.6 Å². The highest BCUT2D eigenvalue weighted by molar-refractivity contribution is 5.73. The highest BCUT2D eigenvalue weighted by atomic mass is 16.5. The molecular formula is C13H20N2O3. The summed E-state index contributed by atoms with van der Waals surface area (Å²) < 4.78 is 10.8. The number of furan rings is 1. The third kappa shape index (κ3) is 3.50. The van der Waals surface area contributed by atoms with Crippen LogP contribution in [0.3, 0.4) is 0 Å². The molecular weight excluding hydrogens is 232 g/mol. The van der Waals surface area contributed by atoms with Gasteiger partial charge in [0.25, 0.3) is 0 Å². The fourth-order valence-electron chi connectivity index (χ4n) is 2.11. The topological polar surface area (TPSA) is 63.5 Å². The molecule has 2 amide bonds. The molecule has 1 aliphatic heterocycles. The second-order valence-corrected chi connectivity index (χ2v) is 4.64. The number of amides is 2. The Labute approximate surface area is 107 Å². The van der Waals surface area contributed by atoms with Crippen LogP contribution in [0.2, 0.25) is 0 Å². The van der Waals surface area contributed by atoms with E-state index in [1.54, 1.807) is 0 Å². The fourth-order valence-corrected chi connectivity index (χ4v) is 2.11. The van der Waals surface area contributed by atoms with Crippen LogP contribution in [0.15, 0.2) is 10.5 Å². The summed E-state index contributed by atoms with van der Waals surface area (Å²) in [5, 5.41) is 5.63. The molecule has 0 saturated carbocycles. The lowest BCUT2D eigenvalue weighted by Gasteiger charge is -2.11. The highest BCUT2D eigenvalue weighted by Gasteiger charge is 2.16. The first kappa shape index (κ1) is 13.0. The Balaban J connectivity index is 1.69. The van der Waals surface area contributed by atoms with Gasteiger partial charge >= 0.3 is 6.03 Å². The van der Waals surface area contributed by atoms with Crippen LogP contribution in [0, 0.1) is 13.8 Å². The number of nitrogens with one attached hydrogen (secondary N) is 2. The number of carbonyl (C=O) groups excluding carboxylic acids is 1. The first-order chi connectivity index (χ1) is 8.65. The Bertz CT molecular complexity index is 408. The number of urea groups is 1. The lowest BCUT2D eigenvalue weighted by molar-refractivity contribution is 0.111. The van der Waals surface area contributed by atoms with E-state index in [0.29, 0.717) is 13.1 Å². The van der Waals surface area contributed by atoms with Gasteiger partial charge in [0.15, 0.2) is 0 Å². The first-order valence-electron chi connectivity index (χ1n) is 6.34. The second kappa shape index (κ2) is 5.91. The minimum absolute atomic E-state index is 0.163. The van der Waals surface area contributed by atoms with E-state index >= 15 is 0 Å². The molecule has 1 aromatic rings. The maximum Gasteiger partial charge on any atom is 0.315 e. The van der Waals surface area contributed by atoms with Crippen molar-refractivity contribution in [2.75, 3.05) is 13.2 Å². The van der Waals surface area contributed by atoms with Gasteiger partial charge in [-0.2, -0.15) is 0 Å². The van der Waals surface area contributed by atoms with Crippen molar-refractivity contribution in [1.82, 2.24) is 10.6 Å². The van der Waals surface area contributed by atoms with Crippen LogP contribution in [0.25, 0.3) is 0 Å². The lowest BCUT2D eigenvalue weighted by Crippen LogP contribution is -2.39. The molecule has 100 valence electrons. The van der Waals surface area contributed by atoms with E-state index in [0.717, 1.165) is 36.5 Å². The molecule has 1 aliphatic rings. The molecule has 0 spiro atoms. The van der Waals surface area contributed by atoms with E-state index < -0.39 is 0 Å². The molecule has 1 saturated heterocycles. The maximum atomic E-state index is 11.6. The summed E-state index contributed by atoms with van der Waals surface area (Å²) in [4.78, 5) is 11.6. The van der Waals surface area contributed by atoms with Crippen molar-refractivity contribution in [3.05, 3.63) is 23.2 Å². The zero-order valence-corrected chi connectivity index (χ0v) is 10.9. The second-order valence-electron chi connectivity index (χ2n) is 4.64. The van der Waals surface area contributed by atoms with Crippen LogP contribution in [-0.2, 0) is 11.3 Å². The first-order valence-corrected chi connectivity index (χ1v) is 6.34. The summed E-state index contributed by atoms with van der Waals surface area (Å²) in [6, 6.07) is 1.78. The monoisotopic (exact) mass is 252 g/mol. The quantitative estimate of drug-likeness (QED) is 0.860. The SMILES string of the molecule is Cc1cc(CNC(=O)NC[C@@H]2CCCO2)c(C)o1. The summed E-state index contributed by atoms with van der Waals surface area (Å²) in [7, 11) is 0. The molecule has 1 atom stereocenters. The Morgan fingerprint density at radius 3 is 2.89 bits per heavy atom. The van der Waals surface area contributed by atoms with Gasteiger partial charge in [-0.3, -0.25) is 0 Å². The predicted octanol–water partition coefficient (Wildman–Crippen LogP) is 1.87. The summed E-state index contributed by atoms with van der Waals surface area (Å²) in [6.45, 7) is 5.67. The zero-order valence-electron chi connectivity index (χ0n) is 10.9.